The van der Waals surface area contributed by atoms with Crippen LogP contribution in [0.15, 0.2) is 42.5 Å². The van der Waals surface area contributed by atoms with Crippen LogP contribution in [0.25, 0.3) is 0 Å². The number of carbonyl (C=O) groups excluding carboxylic acids is 1. The number of thiocarbonyl (C=S) groups is 1. The number of hydrogen-bond acceptors (Lipinski definition) is 7. The van der Waals surface area contributed by atoms with E-state index in [1.807, 2.05) is 47.4 Å². The van der Waals surface area contributed by atoms with Gasteiger partial charge in [0, 0.05) is 30.9 Å². The number of hydrogen-bond donors (Lipinski definition) is 1. The maximum atomic E-state index is 12.5. The molecule has 0 saturated carbocycles. The molecule has 186 valence electrons. The highest BCUT2D eigenvalue weighted by atomic mass is 32.1. The number of nitrogens with one attached hydrogen (secondary N) is 1. The number of piperidine rings is 1. The Morgan fingerprint density at radius 1 is 1.06 bits per heavy atom. The van der Waals surface area contributed by atoms with Crippen molar-refractivity contribution in [3.63, 3.8) is 0 Å². The standard InChI is InChI=1S/C25H29N3O6S/c1-30-19-3-5-20(6-4-19)33-16-21-15-28(25(29)34-21)18-8-10-27(11-9-18)24(35)26-17-2-7-22-23(14-17)32-13-12-31-22/h2-7,14,18,21H,8-13,15-16H2,1H3,(H,26,35). The lowest BCUT2D eigenvalue weighted by atomic mass is 10.0. The molecule has 0 bridgehead atoms. The van der Waals surface area contributed by atoms with Crippen LogP contribution >= 0.6 is 12.2 Å². The number of amides is 1. The average molecular weight is 500 g/mol. The Kier molecular flexibility index (Phi) is 6.98. The normalized spacial score (nSPS) is 19.8. The van der Waals surface area contributed by atoms with Gasteiger partial charge < -0.3 is 38.8 Å². The minimum Gasteiger partial charge on any atom is -0.497 e. The van der Waals surface area contributed by atoms with Crippen LogP contribution < -0.4 is 24.3 Å². The molecule has 0 aliphatic carbocycles. The van der Waals surface area contributed by atoms with E-state index in [9.17, 15) is 4.79 Å². The van der Waals surface area contributed by atoms with Crippen molar-refractivity contribution in [1.29, 1.82) is 0 Å². The number of likely N-dealkylation sites (tertiary alicyclic amines) is 1. The molecule has 2 aromatic carbocycles. The lowest BCUT2D eigenvalue weighted by Gasteiger charge is -2.37. The van der Waals surface area contributed by atoms with Crippen molar-refractivity contribution in [2.24, 2.45) is 0 Å². The van der Waals surface area contributed by atoms with Crippen LogP contribution in [0.2, 0.25) is 0 Å². The predicted octanol–water partition coefficient (Wildman–Crippen LogP) is 3.53. The Bertz CT molecular complexity index is 1060. The molecule has 2 aromatic rings. The first-order valence-electron chi connectivity index (χ1n) is 11.8. The third kappa shape index (κ3) is 5.48. The molecule has 1 N–H and O–H groups in total. The Balaban J connectivity index is 1.08. The summed E-state index contributed by atoms with van der Waals surface area (Å²) in [6, 6.07) is 13.2. The number of rotatable bonds is 6. The zero-order chi connectivity index (χ0) is 24.2. The van der Waals surface area contributed by atoms with Gasteiger partial charge in [0.25, 0.3) is 0 Å². The van der Waals surface area contributed by atoms with Gasteiger partial charge in [-0.15, -0.1) is 0 Å². The second-order valence-electron chi connectivity index (χ2n) is 8.65. The van der Waals surface area contributed by atoms with Gasteiger partial charge in [-0.1, -0.05) is 0 Å². The molecule has 2 fully saturated rings. The van der Waals surface area contributed by atoms with Crippen LogP contribution in [0.4, 0.5) is 10.5 Å². The van der Waals surface area contributed by atoms with Gasteiger partial charge in [0.15, 0.2) is 22.7 Å². The van der Waals surface area contributed by atoms with Gasteiger partial charge in [-0.2, -0.15) is 0 Å². The number of fused-ring (bicyclic) bond motifs is 1. The van der Waals surface area contributed by atoms with Gasteiger partial charge in [-0.05, 0) is 61.5 Å². The summed E-state index contributed by atoms with van der Waals surface area (Å²) < 4.78 is 27.7. The van der Waals surface area contributed by atoms with E-state index in [1.165, 1.54) is 0 Å². The van der Waals surface area contributed by atoms with Crippen molar-refractivity contribution in [2.45, 2.75) is 25.0 Å². The van der Waals surface area contributed by atoms with Crippen molar-refractivity contribution < 1.29 is 28.5 Å². The van der Waals surface area contributed by atoms with Gasteiger partial charge in [-0.3, -0.25) is 0 Å². The molecule has 2 saturated heterocycles. The Morgan fingerprint density at radius 3 is 2.51 bits per heavy atom. The minimum atomic E-state index is -0.291. The summed E-state index contributed by atoms with van der Waals surface area (Å²) in [5.41, 5.74) is 0.865. The summed E-state index contributed by atoms with van der Waals surface area (Å²) in [6.07, 6.45) is 1.08. The van der Waals surface area contributed by atoms with Crippen molar-refractivity contribution in [1.82, 2.24) is 9.80 Å². The van der Waals surface area contributed by atoms with E-state index >= 15 is 0 Å². The Morgan fingerprint density at radius 2 is 1.77 bits per heavy atom. The highest BCUT2D eigenvalue weighted by molar-refractivity contribution is 7.80. The molecule has 0 radical (unpaired) electrons. The fraction of sp³-hybridized carbons (Fsp3) is 0.440. The highest BCUT2D eigenvalue weighted by Gasteiger charge is 2.38. The molecule has 1 amide bonds. The third-order valence-corrected chi connectivity index (χ3v) is 6.74. The van der Waals surface area contributed by atoms with E-state index in [-0.39, 0.29) is 18.2 Å². The molecule has 0 spiro atoms. The largest absolute Gasteiger partial charge is 0.497 e. The number of anilines is 1. The van der Waals surface area contributed by atoms with Crippen LogP contribution in [0.3, 0.4) is 0 Å². The second kappa shape index (κ2) is 10.5. The van der Waals surface area contributed by atoms with Crippen molar-refractivity contribution in [3.05, 3.63) is 42.5 Å². The number of carbonyl (C=O) groups is 1. The van der Waals surface area contributed by atoms with Gasteiger partial charge in [-0.25, -0.2) is 4.79 Å². The maximum absolute atomic E-state index is 12.5. The number of cyclic esters (lactones) is 1. The van der Waals surface area contributed by atoms with E-state index in [0.717, 1.165) is 48.9 Å². The van der Waals surface area contributed by atoms with Crippen LogP contribution in [0.1, 0.15) is 12.8 Å². The fourth-order valence-electron chi connectivity index (χ4n) is 4.49. The van der Waals surface area contributed by atoms with Gasteiger partial charge >= 0.3 is 6.09 Å². The van der Waals surface area contributed by atoms with Crippen molar-refractivity contribution >= 4 is 29.1 Å². The molecule has 3 aliphatic heterocycles. The Labute approximate surface area is 209 Å². The fourth-order valence-corrected chi connectivity index (χ4v) is 4.79. The highest BCUT2D eigenvalue weighted by Crippen LogP contribution is 2.33. The zero-order valence-electron chi connectivity index (χ0n) is 19.6. The maximum Gasteiger partial charge on any atom is 0.410 e. The molecule has 3 aliphatic rings. The van der Waals surface area contributed by atoms with Crippen molar-refractivity contribution in [3.8, 4) is 23.0 Å². The summed E-state index contributed by atoms with van der Waals surface area (Å²) in [6.45, 7) is 3.47. The molecular formula is C25H29N3O6S. The lowest BCUT2D eigenvalue weighted by molar-refractivity contribution is 0.0997. The van der Waals surface area contributed by atoms with Crippen molar-refractivity contribution in [2.75, 3.05) is 51.9 Å². The molecule has 10 heteroatoms. The van der Waals surface area contributed by atoms with E-state index in [0.29, 0.717) is 37.2 Å². The van der Waals surface area contributed by atoms with E-state index < -0.39 is 0 Å². The molecular weight excluding hydrogens is 470 g/mol. The summed E-state index contributed by atoms with van der Waals surface area (Å²) in [5.74, 6) is 2.95. The SMILES string of the molecule is COc1ccc(OCC2CN(C3CCN(C(=S)Nc4ccc5c(c4)OCCO5)CC3)C(=O)O2)cc1. The van der Waals surface area contributed by atoms with Gasteiger partial charge in [0.2, 0.25) is 0 Å². The van der Waals surface area contributed by atoms with E-state index in [2.05, 4.69) is 10.2 Å². The van der Waals surface area contributed by atoms with Crippen LogP contribution in [-0.4, -0.2) is 79.7 Å². The minimum absolute atomic E-state index is 0.127. The van der Waals surface area contributed by atoms with Crippen LogP contribution in [0, 0.1) is 0 Å². The van der Waals surface area contributed by atoms with Crippen LogP contribution in [0.5, 0.6) is 23.0 Å². The van der Waals surface area contributed by atoms with Gasteiger partial charge in [0.05, 0.1) is 13.7 Å². The second-order valence-corrected chi connectivity index (χ2v) is 9.04. The lowest BCUT2D eigenvalue weighted by Crippen LogP contribution is -2.48. The number of methoxy groups -OCH3 is 1. The molecule has 5 rings (SSSR count). The van der Waals surface area contributed by atoms with Crippen LogP contribution in [-0.2, 0) is 4.74 Å². The first-order valence-corrected chi connectivity index (χ1v) is 12.2. The Hall–Kier alpha value is -3.40. The monoisotopic (exact) mass is 499 g/mol. The molecule has 1 unspecified atom stereocenters. The first kappa shape index (κ1) is 23.3. The summed E-state index contributed by atoms with van der Waals surface area (Å²) in [4.78, 5) is 16.5. The molecule has 0 aromatic heterocycles. The quantitative estimate of drug-likeness (QED) is 0.601. The molecule has 9 nitrogen and oxygen atoms in total. The predicted molar refractivity (Wildman–Crippen MR) is 134 cm³/mol. The first-order chi connectivity index (χ1) is 17.1. The average Bonchev–Trinajstić information content (AvgIpc) is 3.28. The summed E-state index contributed by atoms with van der Waals surface area (Å²) in [5, 5.41) is 3.96. The van der Waals surface area contributed by atoms with E-state index in [1.54, 1.807) is 7.11 Å². The van der Waals surface area contributed by atoms with Gasteiger partial charge in [0.1, 0.15) is 31.3 Å². The van der Waals surface area contributed by atoms with E-state index in [4.69, 9.17) is 35.9 Å². The zero-order valence-corrected chi connectivity index (χ0v) is 20.4. The summed E-state index contributed by atoms with van der Waals surface area (Å²) >= 11 is 5.64. The molecule has 35 heavy (non-hydrogen) atoms. The number of ether oxygens (including phenoxy) is 5. The number of benzene rings is 2. The topological polar surface area (TPSA) is 81.7 Å². The third-order valence-electron chi connectivity index (χ3n) is 6.38. The summed E-state index contributed by atoms with van der Waals surface area (Å²) in [7, 11) is 1.62. The smallest absolute Gasteiger partial charge is 0.410 e. The number of nitrogens with zero attached hydrogens (tertiary/aromatic N) is 2. The molecule has 3 heterocycles. The molecule has 1 atom stereocenters.